The molecule has 0 saturated carbocycles. The smallest absolute Gasteiger partial charge is 0.270 e. The Hall–Kier alpha value is -1.96. The predicted molar refractivity (Wildman–Crippen MR) is 54.8 cm³/mol. The zero-order valence-electron chi connectivity index (χ0n) is 8.53. The third-order valence-electron chi connectivity index (χ3n) is 1.96. The van der Waals surface area contributed by atoms with Gasteiger partial charge in [0.15, 0.2) is 9.84 Å². The molecule has 0 aliphatic rings. The standard InChI is InChI=1S/C9H9NO6S/c11-9(12)4-5-17(15,16)8-3-1-2-7(6-8)10(13)14/h1-3,6H,4-5H2,(H,11,12)/p-1. The van der Waals surface area contributed by atoms with Crippen molar-refractivity contribution in [1.29, 1.82) is 0 Å². The minimum Gasteiger partial charge on any atom is -0.550 e. The van der Waals surface area contributed by atoms with Crippen LogP contribution in [0.1, 0.15) is 6.42 Å². The highest BCUT2D eigenvalue weighted by Gasteiger charge is 2.17. The molecule has 17 heavy (non-hydrogen) atoms. The summed E-state index contributed by atoms with van der Waals surface area (Å²) in [6.45, 7) is 0. The van der Waals surface area contributed by atoms with Crippen LogP contribution in [0.4, 0.5) is 5.69 Å². The lowest BCUT2D eigenvalue weighted by atomic mass is 10.3. The van der Waals surface area contributed by atoms with Gasteiger partial charge in [-0.3, -0.25) is 10.1 Å². The lowest BCUT2D eigenvalue weighted by Crippen LogP contribution is -2.25. The van der Waals surface area contributed by atoms with E-state index >= 15 is 0 Å². The second-order valence-electron chi connectivity index (χ2n) is 3.20. The highest BCUT2D eigenvalue weighted by Crippen LogP contribution is 2.18. The van der Waals surface area contributed by atoms with E-state index in [0.29, 0.717) is 0 Å². The van der Waals surface area contributed by atoms with Gasteiger partial charge in [-0.1, -0.05) is 6.07 Å². The molecule has 8 heteroatoms. The zero-order chi connectivity index (χ0) is 13.1. The number of carboxylic acids is 1. The molecule has 0 unspecified atom stereocenters. The van der Waals surface area contributed by atoms with Crippen LogP contribution in [0.25, 0.3) is 0 Å². The summed E-state index contributed by atoms with van der Waals surface area (Å²) < 4.78 is 23.2. The van der Waals surface area contributed by atoms with Crippen LogP contribution in [0.5, 0.6) is 0 Å². The van der Waals surface area contributed by atoms with Crippen LogP contribution in [-0.4, -0.2) is 25.1 Å². The summed E-state index contributed by atoms with van der Waals surface area (Å²) in [5.41, 5.74) is -0.362. The van der Waals surface area contributed by atoms with Gasteiger partial charge in [0.1, 0.15) is 0 Å². The van der Waals surface area contributed by atoms with E-state index in [1.54, 1.807) is 0 Å². The molecule has 0 fully saturated rings. The molecule has 0 N–H and O–H groups in total. The molecule has 0 bridgehead atoms. The fraction of sp³-hybridized carbons (Fsp3) is 0.222. The van der Waals surface area contributed by atoms with Crippen LogP contribution in [0.15, 0.2) is 29.2 Å². The second-order valence-corrected chi connectivity index (χ2v) is 5.30. The number of carbonyl (C=O) groups is 1. The quantitative estimate of drug-likeness (QED) is 0.519. The Bertz CT molecular complexity index is 550. The highest BCUT2D eigenvalue weighted by molar-refractivity contribution is 7.91. The molecule has 1 rings (SSSR count). The van der Waals surface area contributed by atoms with Crippen LogP contribution >= 0.6 is 0 Å². The second kappa shape index (κ2) is 4.91. The van der Waals surface area contributed by atoms with E-state index in [-0.39, 0.29) is 10.6 Å². The maximum atomic E-state index is 11.6. The first kappa shape index (κ1) is 13.1. The molecule has 7 nitrogen and oxygen atoms in total. The minimum atomic E-state index is -3.84. The van der Waals surface area contributed by atoms with Crippen molar-refractivity contribution in [3.63, 3.8) is 0 Å². The Morgan fingerprint density at radius 3 is 2.53 bits per heavy atom. The Labute approximate surface area is 96.8 Å². The molecule has 92 valence electrons. The first-order chi connectivity index (χ1) is 7.83. The number of hydrogen-bond donors (Lipinski definition) is 0. The van der Waals surface area contributed by atoms with E-state index < -0.39 is 32.9 Å². The Morgan fingerprint density at radius 2 is 2.00 bits per heavy atom. The van der Waals surface area contributed by atoms with Crippen molar-refractivity contribution >= 4 is 21.5 Å². The van der Waals surface area contributed by atoms with Crippen molar-refractivity contribution in [2.24, 2.45) is 0 Å². The van der Waals surface area contributed by atoms with E-state index in [4.69, 9.17) is 0 Å². The number of carbonyl (C=O) groups excluding carboxylic acids is 1. The number of hydrogen-bond acceptors (Lipinski definition) is 6. The number of nitrogens with zero attached hydrogens (tertiary/aromatic N) is 1. The number of benzene rings is 1. The summed E-state index contributed by atoms with van der Waals surface area (Å²) >= 11 is 0. The number of aliphatic carboxylic acids is 1. The van der Waals surface area contributed by atoms with Crippen molar-refractivity contribution < 1.29 is 23.2 Å². The van der Waals surface area contributed by atoms with Gasteiger partial charge in [-0.05, 0) is 6.07 Å². The number of rotatable bonds is 5. The van der Waals surface area contributed by atoms with Crippen LogP contribution < -0.4 is 5.11 Å². The van der Waals surface area contributed by atoms with Gasteiger partial charge in [0.25, 0.3) is 5.69 Å². The van der Waals surface area contributed by atoms with Gasteiger partial charge in [-0.25, -0.2) is 8.42 Å². The Morgan fingerprint density at radius 1 is 1.35 bits per heavy atom. The molecular weight excluding hydrogens is 250 g/mol. The van der Waals surface area contributed by atoms with Gasteiger partial charge in [-0.2, -0.15) is 0 Å². The molecular formula is C9H8NO6S-. The Kier molecular flexibility index (Phi) is 3.79. The van der Waals surface area contributed by atoms with Crippen LogP contribution in [0.3, 0.4) is 0 Å². The van der Waals surface area contributed by atoms with E-state index in [0.717, 1.165) is 12.1 Å². The number of non-ortho nitro benzene ring substituents is 1. The molecule has 0 aromatic heterocycles. The van der Waals surface area contributed by atoms with Gasteiger partial charge in [0.05, 0.1) is 15.6 Å². The monoisotopic (exact) mass is 258 g/mol. The summed E-state index contributed by atoms with van der Waals surface area (Å²) in [5.74, 6) is -2.13. The first-order valence-electron chi connectivity index (χ1n) is 4.50. The normalized spacial score (nSPS) is 11.1. The topological polar surface area (TPSA) is 117 Å². The largest absolute Gasteiger partial charge is 0.550 e. The lowest BCUT2D eigenvalue weighted by molar-refractivity contribution is -0.385. The van der Waals surface area contributed by atoms with Gasteiger partial charge < -0.3 is 9.90 Å². The Balaban J connectivity index is 3.03. The molecule has 1 aromatic carbocycles. The van der Waals surface area contributed by atoms with Crippen molar-refractivity contribution in [1.82, 2.24) is 0 Å². The molecule has 0 aliphatic heterocycles. The SMILES string of the molecule is O=C([O-])CCS(=O)(=O)c1cccc([N+](=O)[O-])c1. The third-order valence-corrected chi connectivity index (χ3v) is 3.68. The molecule has 0 spiro atoms. The first-order valence-corrected chi connectivity index (χ1v) is 6.15. The maximum absolute atomic E-state index is 11.6. The van der Waals surface area contributed by atoms with Crippen LogP contribution in [0, 0.1) is 10.1 Å². The predicted octanol–water partition coefficient (Wildman–Crippen LogP) is -0.492. The lowest BCUT2D eigenvalue weighted by Gasteiger charge is -2.04. The van der Waals surface area contributed by atoms with Crippen molar-refractivity contribution in [3.8, 4) is 0 Å². The van der Waals surface area contributed by atoms with Crippen molar-refractivity contribution in [2.45, 2.75) is 11.3 Å². The molecule has 0 atom stereocenters. The third kappa shape index (κ3) is 3.52. The fourth-order valence-corrected chi connectivity index (χ4v) is 2.38. The molecule has 0 amide bonds. The summed E-state index contributed by atoms with van der Waals surface area (Å²) in [6.07, 6.45) is -0.648. The highest BCUT2D eigenvalue weighted by atomic mass is 32.2. The number of nitro benzene ring substituents is 1. The molecule has 1 aromatic rings. The molecule has 0 heterocycles. The summed E-state index contributed by atoms with van der Waals surface area (Å²) in [7, 11) is -3.84. The summed E-state index contributed by atoms with van der Waals surface area (Å²) in [4.78, 5) is 19.6. The summed E-state index contributed by atoms with van der Waals surface area (Å²) in [6, 6.07) is 4.45. The molecule has 0 saturated heterocycles. The number of nitro groups is 1. The molecule has 0 aliphatic carbocycles. The average molecular weight is 258 g/mol. The van der Waals surface area contributed by atoms with E-state index in [9.17, 15) is 28.4 Å². The zero-order valence-corrected chi connectivity index (χ0v) is 9.35. The van der Waals surface area contributed by atoms with Crippen LogP contribution in [-0.2, 0) is 14.6 Å². The van der Waals surface area contributed by atoms with Gasteiger partial charge in [0, 0.05) is 24.5 Å². The number of carboxylic acid groups (broad SMARTS) is 1. The van der Waals surface area contributed by atoms with E-state index in [1.807, 2.05) is 0 Å². The van der Waals surface area contributed by atoms with E-state index in [1.165, 1.54) is 12.1 Å². The number of sulfone groups is 1. The van der Waals surface area contributed by atoms with Gasteiger partial charge in [-0.15, -0.1) is 0 Å². The fourth-order valence-electron chi connectivity index (χ4n) is 1.13. The van der Waals surface area contributed by atoms with Crippen molar-refractivity contribution in [3.05, 3.63) is 34.4 Å². The van der Waals surface area contributed by atoms with Crippen molar-refractivity contribution in [2.75, 3.05) is 5.75 Å². The van der Waals surface area contributed by atoms with E-state index in [2.05, 4.69) is 0 Å². The summed E-state index contributed by atoms with van der Waals surface area (Å²) in [5, 5.41) is 20.6. The maximum Gasteiger partial charge on any atom is 0.270 e. The van der Waals surface area contributed by atoms with Gasteiger partial charge in [0.2, 0.25) is 0 Å². The molecule has 0 radical (unpaired) electrons. The van der Waals surface area contributed by atoms with Gasteiger partial charge >= 0.3 is 0 Å². The average Bonchev–Trinajstić information content (AvgIpc) is 2.27. The minimum absolute atomic E-state index is 0.270. The van der Waals surface area contributed by atoms with Crippen LogP contribution in [0.2, 0.25) is 0 Å².